The molecule has 0 unspecified atom stereocenters. The number of pyridine rings is 1. The quantitative estimate of drug-likeness (QED) is 0.479. The number of methoxy groups -OCH3 is 2. The van der Waals surface area contributed by atoms with E-state index in [0.717, 1.165) is 49.6 Å². The maximum atomic E-state index is 5.56. The molecule has 4 aromatic rings. The minimum Gasteiger partial charge on any atom is -0.497 e. The van der Waals surface area contributed by atoms with Gasteiger partial charge in [0.1, 0.15) is 11.6 Å². The molecular weight excluding hydrogens is 374 g/mol. The molecule has 0 aliphatic carbocycles. The van der Waals surface area contributed by atoms with Crippen molar-refractivity contribution in [2.24, 2.45) is 0 Å². The Bertz CT molecular complexity index is 1180. The molecule has 1 aliphatic heterocycles. The van der Waals surface area contributed by atoms with Gasteiger partial charge in [-0.1, -0.05) is 30.3 Å². The Balaban J connectivity index is 1.60. The maximum Gasteiger partial charge on any atom is 0.138 e. The molecule has 0 N–H and O–H groups in total. The Labute approximate surface area is 176 Å². The number of para-hydroxylation sites is 1. The molecule has 0 atom stereocenters. The summed E-state index contributed by atoms with van der Waals surface area (Å²) in [4.78, 5) is 7.49. The van der Waals surface area contributed by atoms with Crippen LogP contribution in [0.2, 0.25) is 0 Å². The molecule has 0 radical (unpaired) electrons. The molecule has 5 nitrogen and oxygen atoms in total. The first-order chi connectivity index (χ1) is 14.8. The number of rotatable bonds is 5. The van der Waals surface area contributed by atoms with Gasteiger partial charge in [-0.3, -0.25) is 0 Å². The van der Waals surface area contributed by atoms with Crippen molar-refractivity contribution >= 4 is 27.6 Å². The molecule has 1 saturated heterocycles. The van der Waals surface area contributed by atoms with Crippen molar-refractivity contribution in [2.45, 2.75) is 25.5 Å². The van der Waals surface area contributed by atoms with Crippen LogP contribution in [0, 0.1) is 0 Å². The lowest BCUT2D eigenvalue weighted by Gasteiger charge is -2.32. The van der Waals surface area contributed by atoms with E-state index in [1.807, 2.05) is 19.2 Å². The highest BCUT2D eigenvalue weighted by Gasteiger charge is 2.23. The third-order valence-electron chi connectivity index (χ3n) is 6.15. The number of nitrogens with zero attached hydrogens (tertiary/aromatic N) is 3. The predicted molar refractivity (Wildman–Crippen MR) is 122 cm³/mol. The number of ether oxygens (including phenoxy) is 2. The molecule has 0 spiro atoms. The third-order valence-corrected chi connectivity index (χ3v) is 6.15. The van der Waals surface area contributed by atoms with Crippen LogP contribution in [0.4, 0.5) is 5.82 Å². The molecule has 0 saturated carbocycles. The zero-order valence-electron chi connectivity index (χ0n) is 17.5. The number of fused-ring (bicyclic) bond motifs is 3. The normalized spacial score (nSPS) is 15.2. The maximum absolute atomic E-state index is 5.56. The van der Waals surface area contributed by atoms with Gasteiger partial charge >= 0.3 is 0 Å². The molecule has 2 aromatic heterocycles. The molecule has 154 valence electrons. The second-order valence-corrected chi connectivity index (χ2v) is 7.93. The number of benzene rings is 2. The zero-order chi connectivity index (χ0) is 20.5. The summed E-state index contributed by atoms with van der Waals surface area (Å²) in [5, 5.41) is 2.41. The second-order valence-electron chi connectivity index (χ2n) is 7.93. The van der Waals surface area contributed by atoms with Crippen LogP contribution in [0.15, 0.2) is 60.8 Å². The van der Waals surface area contributed by atoms with Crippen molar-refractivity contribution in [3.63, 3.8) is 0 Å². The molecular formula is C25H27N3O2. The van der Waals surface area contributed by atoms with E-state index >= 15 is 0 Å². The van der Waals surface area contributed by atoms with Crippen LogP contribution in [0.3, 0.4) is 0 Å². The van der Waals surface area contributed by atoms with Gasteiger partial charge in [0, 0.05) is 43.7 Å². The Morgan fingerprint density at radius 2 is 1.80 bits per heavy atom. The van der Waals surface area contributed by atoms with Crippen LogP contribution in [0.1, 0.15) is 18.4 Å². The average molecular weight is 402 g/mol. The van der Waals surface area contributed by atoms with E-state index in [2.05, 4.69) is 58.1 Å². The van der Waals surface area contributed by atoms with Crippen molar-refractivity contribution in [2.75, 3.05) is 32.2 Å². The van der Waals surface area contributed by atoms with E-state index < -0.39 is 0 Å². The Kier molecular flexibility index (Phi) is 5.05. The SMILES string of the molecule is COc1cccc(Cn2ccc3c(N4CCC(OC)CC4)nc4ccccc4c32)c1. The van der Waals surface area contributed by atoms with Crippen LogP contribution in [0.25, 0.3) is 21.8 Å². The summed E-state index contributed by atoms with van der Waals surface area (Å²) < 4.78 is 13.3. The minimum absolute atomic E-state index is 0.356. The van der Waals surface area contributed by atoms with E-state index in [-0.39, 0.29) is 0 Å². The number of piperidine rings is 1. The van der Waals surface area contributed by atoms with Crippen LogP contribution >= 0.6 is 0 Å². The molecule has 1 aliphatic rings. The Morgan fingerprint density at radius 3 is 2.60 bits per heavy atom. The Hall–Kier alpha value is -3.05. The lowest BCUT2D eigenvalue weighted by Crippen LogP contribution is -2.37. The van der Waals surface area contributed by atoms with Gasteiger partial charge in [0.2, 0.25) is 0 Å². The zero-order valence-corrected chi connectivity index (χ0v) is 17.5. The topological polar surface area (TPSA) is 39.5 Å². The molecule has 3 heterocycles. The van der Waals surface area contributed by atoms with Gasteiger partial charge in [-0.2, -0.15) is 0 Å². The van der Waals surface area contributed by atoms with Crippen LogP contribution in [0.5, 0.6) is 5.75 Å². The lowest BCUT2D eigenvalue weighted by atomic mass is 10.1. The fraction of sp³-hybridized carbons (Fsp3) is 0.320. The van der Waals surface area contributed by atoms with Crippen molar-refractivity contribution < 1.29 is 9.47 Å². The average Bonchev–Trinajstić information content (AvgIpc) is 3.22. The van der Waals surface area contributed by atoms with E-state index in [4.69, 9.17) is 14.5 Å². The van der Waals surface area contributed by atoms with Crippen molar-refractivity contribution in [3.8, 4) is 5.75 Å². The Morgan fingerprint density at radius 1 is 0.967 bits per heavy atom. The molecule has 30 heavy (non-hydrogen) atoms. The van der Waals surface area contributed by atoms with E-state index in [0.29, 0.717) is 6.10 Å². The van der Waals surface area contributed by atoms with Crippen LogP contribution in [-0.4, -0.2) is 43.0 Å². The molecule has 0 bridgehead atoms. The second kappa shape index (κ2) is 8.00. The largest absolute Gasteiger partial charge is 0.497 e. The molecule has 2 aromatic carbocycles. The summed E-state index contributed by atoms with van der Waals surface area (Å²) in [6.07, 6.45) is 4.62. The van der Waals surface area contributed by atoms with Gasteiger partial charge in [0.25, 0.3) is 0 Å². The van der Waals surface area contributed by atoms with Gasteiger partial charge < -0.3 is 18.9 Å². The first kappa shape index (κ1) is 18.9. The van der Waals surface area contributed by atoms with Crippen molar-refractivity contribution in [3.05, 3.63) is 66.4 Å². The smallest absolute Gasteiger partial charge is 0.138 e. The fourth-order valence-corrected chi connectivity index (χ4v) is 4.54. The minimum atomic E-state index is 0.356. The van der Waals surface area contributed by atoms with E-state index in [1.54, 1.807) is 7.11 Å². The molecule has 5 heteroatoms. The highest BCUT2D eigenvalue weighted by atomic mass is 16.5. The lowest BCUT2D eigenvalue weighted by molar-refractivity contribution is 0.0818. The number of anilines is 1. The highest BCUT2D eigenvalue weighted by molar-refractivity contribution is 6.08. The predicted octanol–water partition coefficient (Wildman–Crippen LogP) is 4.86. The number of hydrogen-bond donors (Lipinski definition) is 0. The summed E-state index contributed by atoms with van der Waals surface area (Å²) in [5.41, 5.74) is 3.50. The van der Waals surface area contributed by atoms with Crippen molar-refractivity contribution in [1.29, 1.82) is 0 Å². The molecule has 1 fully saturated rings. The van der Waals surface area contributed by atoms with E-state index in [1.165, 1.54) is 21.9 Å². The molecule has 0 amide bonds. The monoisotopic (exact) mass is 401 g/mol. The first-order valence-electron chi connectivity index (χ1n) is 10.5. The first-order valence-corrected chi connectivity index (χ1v) is 10.5. The summed E-state index contributed by atoms with van der Waals surface area (Å²) in [6, 6.07) is 18.9. The summed E-state index contributed by atoms with van der Waals surface area (Å²) in [7, 11) is 3.52. The van der Waals surface area contributed by atoms with Crippen LogP contribution in [-0.2, 0) is 11.3 Å². The summed E-state index contributed by atoms with van der Waals surface area (Å²) in [6.45, 7) is 2.74. The van der Waals surface area contributed by atoms with Gasteiger partial charge in [0.15, 0.2) is 0 Å². The number of aromatic nitrogens is 2. The van der Waals surface area contributed by atoms with E-state index in [9.17, 15) is 0 Å². The standard InChI is InChI=1S/C25H27N3O2/c1-29-19-10-13-27(14-11-19)25-22-12-15-28(17-18-6-5-7-20(16-18)30-2)24(22)21-8-3-4-9-23(21)26-25/h3-9,12,15-16,19H,10-11,13-14,17H2,1-2H3. The fourth-order valence-electron chi connectivity index (χ4n) is 4.54. The third kappa shape index (κ3) is 3.39. The van der Waals surface area contributed by atoms with Gasteiger partial charge in [-0.15, -0.1) is 0 Å². The van der Waals surface area contributed by atoms with Crippen molar-refractivity contribution in [1.82, 2.24) is 9.55 Å². The number of hydrogen-bond acceptors (Lipinski definition) is 4. The van der Waals surface area contributed by atoms with Gasteiger partial charge in [-0.05, 0) is 42.7 Å². The summed E-state index contributed by atoms with van der Waals surface area (Å²) >= 11 is 0. The highest BCUT2D eigenvalue weighted by Crippen LogP contribution is 2.34. The summed E-state index contributed by atoms with van der Waals surface area (Å²) in [5.74, 6) is 1.97. The van der Waals surface area contributed by atoms with Crippen LogP contribution < -0.4 is 9.64 Å². The molecule has 5 rings (SSSR count). The van der Waals surface area contributed by atoms with Gasteiger partial charge in [-0.25, -0.2) is 4.98 Å². The van der Waals surface area contributed by atoms with Gasteiger partial charge in [0.05, 0.1) is 24.2 Å².